The lowest BCUT2D eigenvalue weighted by atomic mass is 9.87. The van der Waals surface area contributed by atoms with Crippen LogP contribution in [-0.4, -0.2) is 11.6 Å². The van der Waals surface area contributed by atoms with Gasteiger partial charge in [-0.1, -0.05) is 37.5 Å². The van der Waals surface area contributed by atoms with E-state index in [2.05, 4.69) is 0 Å². The van der Waals surface area contributed by atoms with Gasteiger partial charge in [-0.2, -0.15) is 4.89 Å². The molecule has 1 saturated carbocycles. The minimum absolute atomic E-state index is 0.303. The summed E-state index contributed by atoms with van der Waals surface area (Å²) in [5, 5.41) is 0. The highest BCUT2D eigenvalue weighted by Gasteiger charge is 2.30. The Hall–Kier alpha value is -1.35. The molecule has 3 heteroatoms. The van der Waals surface area contributed by atoms with Gasteiger partial charge in [0.1, 0.15) is 5.60 Å². The van der Waals surface area contributed by atoms with Gasteiger partial charge < -0.3 is 0 Å². The van der Waals surface area contributed by atoms with Crippen molar-refractivity contribution < 1.29 is 14.6 Å². The van der Waals surface area contributed by atoms with Crippen molar-refractivity contribution in [3.8, 4) is 0 Å². The van der Waals surface area contributed by atoms with Crippen LogP contribution in [0, 0.1) is 0 Å². The fourth-order valence-corrected chi connectivity index (χ4v) is 2.14. The molecule has 0 unspecified atom stereocenters. The molecule has 0 aromatic heterocycles. The third-order valence-electron chi connectivity index (χ3n) is 3.24. The molecule has 0 bridgehead atoms. The van der Waals surface area contributed by atoms with E-state index >= 15 is 0 Å². The SMILES string of the molecule is CC1(OOC(=O)c2ccccc2)CCCCC1. The summed E-state index contributed by atoms with van der Waals surface area (Å²) in [4.78, 5) is 22.0. The van der Waals surface area contributed by atoms with Crippen molar-refractivity contribution in [1.82, 2.24) is 0 Å². The molecule has 0 radical (unpaired) electrons. The molecule has 0 N–H and O–H groups in total. The zero-order valence-electron chi connectivity index (χ0n) is 10.1. The monoisotopic (exact) mass is 234 g/mol. The molecule has 0 spiro atoms. The van der Waals surface area contributed by atoms with Gasteiger partial charge in [-0.3, -0.25) is 4.89 Å². The van der Waals surface area contributed by atoms with E-state index in [1.807, 2.05) is 13.0 Å². The third kappa shape index (κ3) is 3.30. The number of carbonyl (C=O) groups is 1. The average molecular weight is 234 g/mol. The normalized spacial score (nSPS) is 18.6. The van der Waals surface area contributed by atoms with Gasteiger partial charge in [-0.05, 0) is 31.9 Å². The summed E-state index contributed by atoms with van der Waals surface area (Å²) < 4.78 is 0. The maximum absolute atomic E-state index is 11.7. The number of benzene rings is 1. The van der Waals surface area contributed by atoms with Gasteiger partial charge in [0.25, 0.3) is 0 Å². The van der Waals surface area contributed by atoms with Crippen molar-refractivity contribution in [3.05, 3.63) is 35.9 Å². The Balaban J connectivity index is 1.87. The molecule has 2 rings (SSSR count). The highest BCUT2D eigenvalue weighted by atomic mass is 17.2. The molecule has 0 atom stereocenters. The summed E-state index contributed by atoms with van der Waals surface area (Å²) in [5.41, 5.74) is 0.217. The lowest BCUT2D eigenvalue weighted by Crippen LogP contribution is -2.32. The molecule has 1 aliphatic carbocycles. The molecule has 0 heterocycles. The summed E-state index contributed by atoms with van der Waals surface area (Å²) in [6.07, 6.45) is 5.43. The van der Waals surface area contributed by atoms with E-state index in [0.29, 0.717) is 5.56 Å². The summed E-state index contributed by atoms with van der Waals surface area (Å²) in [6.45, 7) is 2.00. The van der Waals surface area contributed by atoms with Crippen molar-refractivity contribution in [2.75, 3.05) is 0 Å². The topological polar surface area (TPSA) is 35.5 Å². The molecule has 17 heavy (non-hydrogen) atoms. The van der Waals surface area contributed by atoms with E-state index in [1.165, 1.54) is 6.42 Å². The van der Waals surface area contributed by atoms with Gasteiger partial charge in [-0.25, -0.2) is 4.79 Å². The van der Waals surface area contributed by atoms with E-state index in [0.717, 1.165) is 25.7 Å². The second kappa shape index (κ2) is 5.32. The van der Waals surface area contributed by atoms with Gasteiger partial charge in [0.15, 0.2) is 0 Å². The molecule has 0 aliphatic heterocycles. The van der Waals surface area contributed by atoms with Gasteiger partial charge in [0.2, 0.25) is 0 Å². The predicted octanol–water partition coefficient (Wildman–Crippen LogP) is 3.50. The average Bonchev–Trinajstić information content (AvgIpc) is 2.38. The molecule has 1 aromatic rings. The van der Waals surface area contributed by atoms with E-state index in [1.54, 1.807) is 24.3 Å². The first kappa shape index (κ1) is 12.1. The van der Waals surface area contributed by atoms with Crippen molar-refractivity contribution >= 4 is 5.97 Å². The molecule has 92 valence electrons. The zero-order valence-corrected chi connectivity index (χ0v) is 10.1. The van der Waals surface area contributed by atoms with Crippen LogP contribution in [0.1, 0.15) is 49.4 Å². The van der Waals surface area contributed by atoms with Crippen LogP contribution in [-0.2, 0) is 9.78 Å². The minimum Gasteiger partial charge on any atom is -0.292 e. The number of rotatable bonds is 3. The van der Waals surface area contributed by atoms with Gasteiger partial charge in [-0.15, -0.1) is 0 Å². The van der Waals surface area contributed by atoms with Crippen LogP contribution in [0.15, 0.2) is 30.3 Å². The van der Waals surface area contributed by atoms with Crippen LogP contribution in [0.25, 0.3) is 0 Å². The molecule has 3 nitrogen and oxygen atoms in total. The fourth-order valence-electron chi connectivity index (χ4n) is 2.14. The van der Waals surface area contributed by atoms with Crippen molar-refractivity contribution in [1.29, 1.82) is 0 Å². The first-order valence-electron chi connectivity index (χ1n) is 6.15. The number of carbonyl (C=O) groups excluding carboxylic acids is 1. The smallest absolute Gasteiger partial charge is 0.292 e. The summed E-state index contributed by atoms with van der Waals surface area (Å²) in [5.74, 6) is -0.419. The first-order chi connectivity index (χ1) is 8.20. The van der Waals surface area contributed by atoms with Crippen LogP contribution >= 0.6 is 0 Å². The Morgan fingerprint density at radius 3 is 2.41 bits per heavy atom. The van der Waals surface area contributed by atoms with Crippen LogP contribution in [0.2, 0.25) is 0 Å². The van der Waals surface area contributed by atoms with Crippen LogP contribution < -0.4 is 0 Å². The quantitative estimate of drug-likeness (QED) is 0.593. The zero-order chi connectivity index (χ0) is 12.1. The summed E-state index contributed by atoms with van der Waals surface area (Å²) in [6, 6.07) is 8.90. The van der Waals surface area contributed by atoms with Gasteiger partial charge in [0.05, 0.1) is 5.56 Å². The molecule has 1 fully saturated rings. The second-order valence-electron chi connectivity index (χ2n) is 4.83. The standard InChI is InChI=1S/C14H18O3/c1-14(10-6-3-7-11-14)17-16-13(15)12-8-4-2-5-9-12/h2,4-5,8-9H,3,6-7,10-11H2,1H3. The molecule has 1 aromatic carbocycles. The van der Waals surface area contributed by atoms with Crippen LogP contribution in [0.5, 0.6) is 0 Å². The van der Waals surface area contributed by atoms with Gasteiger partial charge >= 0.3 is 5.97 Å². The van der Waals surface area contributed by atoms with Crippen molar-refractivity contribution in [2.24, 2.45) is 0 Å². The molecule has 0 saturated heterocycles. The Kier molecular flexibility index (Phi) is 3.79. The minimum atomic E-state index is -0.419. The van der Waals surface area contributed by atoms with Crippen LogP contribution in [0.4, 0.5) is 0 Å². The molecular weight excluding hydrogens is 216 g/mol. The lowest BCUT2D eigenvalue weighted by molar-refractivity contribution is -0.318. The van der Waals surface area contributed by atoms with E-state index in [-0.39, 0.29) is 5.60 Å². The Morgan fingerprint density at radius 1 is 1.12 bits per heavy atom. The largest absolute Gasteiger partial charge is 0.373 e. The number of hydrogen-bond donors (Lipinski definition) is 0. The summed E-state index contributed by atoms with van der Waals surface area (Å²) in [7, 11) is 0. The van der Waals surface area contributed by atoms with Crippen molar-refractivity contribution in [3.63, 3.8) is 0 Å². The molecular formula is C14H18O3. The van der Waals surface area contributed by atoms with Crippen LogP contribution in [0.3, 0.4) is 0 Å². The Morgan fingerprint density at radius 2 is 1.76 bits per heavy atom. The lowest BCUT2D eigenvalue weighted by Gasteiger charge is -2.30. The highest BCUT2D eigenvalue weighted by Crippen LogP contribution is 2.31. The van der Waals surface area contributed by atoms with E-state index in [9.17, 15) is 4.79 Å². The van der Waals surface area contributed by atoms with Crippen molar-refractivity contribution in [2.45, 2.75) is 44.6 Å². The number of hydrogen-bond acceptors (Lipinski definition) is 3. The van der Waals surface area contributed by atoms with Gasteiger partial charge in [0, 0.05) is 0 Å². The Labute approximate surface area is 102 Å². The van der Waals surface area contributed by atoms with E-state index < -0.39 is 5.97 Å². The predicted molar refractivity (Wildman–Crippen MR) is 64.4 cm³/mol. The van der Waals surface area contributed by atoms with E-state index in [4.69, 9.17) is 9.78 Å². The third-order valence-corrected chi connectivity index (χ3v) is 3.24. The maximum Gasteiger partial charge on any atom is 0.373 e. The maximum atomic E-state index is 11.7. The second-order valence-corrected chi connectivity index (χ2v) is 4.83. The Bertz CT molecular complexity index is 366. The highest BCUT2D eigenvalue weighted by molar-refractivity contribution is 5.88. The molecule has 0 amide bonds. The first-order valence-corrected chi connectivity index (χ1v) is 6.15. The summed E-state index contributed by atoms with van der Waals surface area (Å²) >= 11 is 0. The fraction of sp³-hybridized carbons (Fsp3) is 0.500. The molecule has 1 aliphatic rings.